The molecule has 0 saturated heterocycles. The molecule has 0 aliphatic carbocycles. The summed E-state index contributed by atoms with van der Waals surface area (Å²) >= 11 is 5.05. The highest BCUT2D eigenvalue weighted by Crippen LogP contribution is 2.17. The van der Waals surface area contributed by atoms with Crippen LogP contribution >= 0.6 is 11.6 Å². The lowest BCUT2D eigenvalue weighted by Gasteiger charge is -2.00. The molecule has 0 bridgehead atoms. The molecule has 14 heavy (non-hydrogen) atoms. The first kappa shape index (κ1) is 9.09. The zero-order valence-corrected chi connectivity index (χ0v) is 7.95. The van der Waals surface area contributed by atoms with Gasteiger partial charge in [0.2, 0.25) is 0 Å². The smallest absolute Gasteiger partial charge is 0.404 e. The number of hydrogen-bond donors (Lipinski definition) is 0. The highest BCUT2D eigenvalue weighted by molar-refractivity contribution is 6.61. The van der Waals surface area contributed by atoms with Crippen LogP contribution in [0.1, 0.15) is 5.56 Å². The first-order valence-electron chi connectivity index (χ1n) is 4.04. The predicted octanol–water partition coefficient (Wildman–Crippen LogP) is 3.31. The van der Waals surface area contributed by atoms with Crippen molar-refractivity contribution in [3.63, 3.8) is 0 Å². The Labute approximate surface area is 85.2 Å². The lowest BCUT2D eigenvalue weighted by Crippen LogP contribution is -1.94. The molecule has 0 spiro atoms. The van der Waals surface area contributed by atoms with Crippen LogP contribution in [0.4, 0.5) is 4.79 Å². The lowest BCUT2D eigenvalue weighted by atomic mass is 10.2. The molecular weight excluding hydrogens is 204 g/mol. The molecule has 0 N–H and O–H groups in total. The van der Waals surface area contributed by atoms with Gasteiger partial charge in [0, 0.05) is 17.0 Å². The van der Waals surface area contributed by atoms with E-state index in [0.29, 0.717) is 0 Å². The van der Waals surface area contributed by atoms with Gasteiger partial charge >= 0.3 is 5.43 Å². The van der Waals surface area contributed by atoms with Gasteiger partial charge in [-0.05, 0) is 23.8 Å². The third kappa shape index (κ3) is 1.88. The van der Waals surface area contributed by atoms with E-state index >= 15 is 0 Å². The second-order valence-corrected chi connectivity index (χ2v) is 3.13. The molecule has 0 unspecified atom stereocenters. The fourth-order valence-corrected chi connectivity index (χ4v) is 1.30. The third-order valence-electron chi connectivity index (χ3n) is 1.87. The summed E-state index contributed by atoms with van der Waals surface area (Å²) in [7, 11) is 0. The van der Waals surface area contributed by atoms with Crippen LogP contribution in [0.15, 0.2) is 34.9 Å². The van der Waals surface area contributed by atoms with Gasteiger partial charge in [-0.3, -0.25) is 0 Å². The molecule has 3 nitrogen and oxygen atoms in total. The molecule has 1 aromatic carbocycles. The number of fused-ring (bicyclic) bond motifs is 1. The van der Waals surface area contributed by atoms with Gasteiger partial charge in [-0.15, -0.1) is 0 Å². The summed E-state index contributed by atoms with van der Waals surface area (Å²) in [6, 6.07) is 7.39. The van der Waals surface area contributed by atoms with E-state index in [9.17, 15) is 4.79 Å². The Balaban J connectivity index is 2.21. The van der Waals surface area contributed by atoms with Crippen LogP contribution in [0.3, 0.4) is 0 Å². The Hall–Kier alpha value is -1.48. The number of ether oxygens (including phenoxy) is 1. The molecule has 2 rings (SSSR count). The van der Waals surface area contributed by atoms with E-state index in [0.717, 1.165) is 16.5 Å². The second-order valence-electron chi connectivity index (χ2n) is 2.82. The summed E-state index contributed by atoms with van der Waals surface area (Å²) in [6.07, 6.45) is 1.61. The number of carbonyl (C=O) groups excluding carboxylic acids is 1. The molecule has 4 heteroatoms. The van der Waals surface area contributed by atoms with Gasteiger partial charge in [-0.2, -0.15) is 0 Å². The van der Waals surface area contributed by atoms with Crippen molar-refractivity contribution in [2.24, 2.45) is 0 Å². The normalized spacial score (nSPS) is 10.4. The first-order chi connectivity index (χ1) is 6.75. The van der Waals surface area contributed by atoms with Gasteiger partial charge in [0.15, 0.2) is 0 Å². The molecule has 0 fully saturated rings. The summed E-state index contributed by atoms with van der Waals surface area (Å²) in [5, 5.41) is 0.980. The van der Waals surface area contributed by atoms with Crippen molar-refractivity contribution >= 4 is 28.0 Å². The van der Waals surface area contributed by atoms with Crippen molar-refractivity contribution in [3.8, 4) is 0 Å². The van der Waals surface area contributed by atoms with Crippen molar-refractivity contribution in [1.29, 1.82) is 0 Å². The van der Waals surface area contributed by atoms with Crippen LogP contribution in [0.2, 0.25) is 0 Å². The Kier molecular flexibility index (Phi) is 2.41. The Morgan fingerprint density at radius 2 is 2.29 bits per heavy atom. The first-order valence-corrected chi connectivity index (χ1v) is 4.42. The van der Waals surface area contributed by atoms with Gasteiger partial charge < -0.3 is 9.15 Å². The fraction of sp³-hybridized carbons (Fsp3) is 0.100. The molecule has 72 valence electrons. The number of rotatable bonds is 2. The Morgan fingerprint density at radius 3 is 3.07 bits per heavy atom. The number of furan rings is 1. The molecule has 0 amide bonds. The maximum atomic E-state index is 10.4. The minimum Gasteiger partial charge on any atom is -0.464 e. The number of halogens is 1. The van der Waals surface area contributed by atoms with E-state index in [1.165, 1.54) is 0 Å². The summed E-state index contributed by atoms with van der Waals surface area (Å²) in [6.45, 7) is 0.184. The molecule has 2 aromatic rings. The van der Waals surface area contributed by atoms with E-state index in [1.807, 2.05) is 24.3 Å². The topological polar surface area (TPSA) is 39.4 Å². The zero-order valence-electron chi connectivity index (χ0n) is 7.20. The standard InChI is InChI=1S/C10H7ClO3/c11-10(12)14-6-7-1-2-9-8(5-7)3-4-13-9/h1-5H,6H2. The zero-order chi connectivity index (χ0) is 9.97. The molecule has 1 heterocycles. The molecule has 0 aliphatic rings. The third-order valence-corrected chi connectivity index (χ3v) is 1.98. The van der Waals surface area contributed by atoms with Crippen LogP contribution in [0.25, 0.3) is 11.0 Å². The SMILES string of the molecule is O=C(Cl)OCc1ccc2occc2c1. The molecule has 0 atom stereocenters. The Morgan fingerprint density at radius 1 is 1.43 bits per heavy atom. The Bertz CT molecular complexity index is 461. The van der Waals surface area contributed by atoms with Crippen LogP contribution in [0.5, 0.6) is 0 Å². The number of carbonyl (C=O) groups is 1. The number of benzene rings is 1. The van der Waals surface area contributed by atoms with Gasteiger partial charge in [0.25, 0.3) is 0 Å². The minimum atomic E-state index is -0.794. The van der Waals surface area contributed by atoms with Crippen LogP contribution in [-0.4, -0.2) is 5.43 Å². The van der Waals surface area contributed by atoms with E-state index in [-0.39, 0.29) is 6.61 Å². The average molecular weight is 211 g/mol. The van der Waals surface area contributed by atoms with E-state index < -0.39 is 5.43 Å². The van der Waals surface area contributed by atoms with Crippen molar-refractivity contribution in [1.82, 2.24) is 0 Å². The van der Waals surface area contributed by atoms with Crippen molar-refractivity contribution in [2.45, 2.75) is 6.61 Å². The summed E-state index contributed by atoms with van der Waals surface area (Å²) in [5.41, 5.74) is 0.899. The summed E-state index contributed by atoms with van der Waals surface area (Å²) < 4.78 is 9.81. The fourth-order valence-electron chi connectivity index (χ4n) is 1.25. The van der Waals surface area contributed by atoms with Crippen LogP contribution in [0, 0.1) is 0 Å². The van der Waals surface area contributed by atoms with E-state index in [2.05, 4.69) is 4.74 Å². The summed E-state index contributed by atoms with van der Waals surface area (Å²) in [4.78, 5) is 10.4. The molecular formula is C10H7ClO3. The minimum absolute atomic E-state index is 0.184. The lowest BCUT2D eigenvalue weighted by molar-refractivity contribution is 0.167. The highest BCUT2D eigenvalue weighted by Gasteiger charge is 2.01. The predicted molar refractivity (Wildman–Crippen MR) is 52.3 cm³/mol. The maximum absolute atomic E-state index is 10.4. The average Bonchev–Trinajstić information content (AvgIpc) is 2.61. The molecule has 0 saturated carbocycles. The van der Waals surface area contributed by atoms with Crippen molar-refractivity contribution in [3.05, 3.63) is 36.1 Å². The number of hydrogen-bond acceptors (Lipinski definition) is 3. The van der Waals surface area contributed by atoms with Crippen LogP contribution < -0.4 is 0 Å². The summed E-state index contributed by atoms with van der Waals surface area (Å²) in [5.74, 6) is 0. The molecule has 0 radical (unpaired) electrons. The van der Waals surface area contributed by atoms with Gasteiger partial charge in [-0.25, -0.2) is 4.79 Å². The van der Waals surface area contributed by atoms with Gasteiger partial charge in [0.1, 0.15) is 12.2 Å². The second kappa shape index (κ2) is 3.72. The van der Waals surface area contributed by atoms with E-state index in [1.54, 1.807) is 6.26 Å². The van der Waals surface area contributed by atoms with E-state index in [4.69, 9.17) is 16.0 Å². The molecule has 0 aliphatic heterocycles. The molecule has 1 aromatic heterocycles. The van der Waals surface area contributed by atoms with Crippen LogP contribution in [-0.2, 0) is 11.3 Å². The largest absolute Gasteiger partial charge is 0.464 e. The quantitative estimate of drug-likeness (QED) is 0.714. The maximum Gasteiger partial charge on any atom is 0.404 e. The van der Waals surface area contributed by atoms with Gasteiger partial charge in [-0.1, -0.05) is 6.07 Å². The van der Waals surface area contributed by atoms with Gasteiger partial charge in [0.05, 0.1) is 6.26 Å². The highest BCUT2D eigenvalue weighted by atomic mass is 35.5. The monoisotopic (exact) mass is 210 g/mol. The van der Waals surface area contributed by atoms with Crippen molar-refractivity contribution < 1.29 is 13.9 Å². The van der Waals surface area contributed by atoms with Crippen molar-refractivity contribution in [2.75, 3.05) is 0 Å².